The van der Waals surface area contributed by atoms with E-state index in [0.717, 1.165) is 38.2 Å². The van der Waals surface area contributed by atoms with Crippen LogP contribution in [0.1, 0.15) is 64.1 Å². The molecule has 1 fully saturated rings. The fourth-order valence-electron chi connectivity index (χ4n) is 4.78. The first-order valence-electron chi connectivity index (χ1n) is 12.0. The van der Waals surface area contributed by atoms with E-state index in [1.807, 2.05) is 4.57 Å². The molecule has 1 saturated carbocycles. The Morgan fingerprint density at radius 2 is 1.68 bits per heavy atom. The number of benzene rings is 1. The third-order valence-corrected chi connectivity index (χ3v) is 9.46. The molecule has 1 aromatic heterocycles. The second kappa shape index (κ2) is 10.3. The van der Waals surface area contributed by atoms with Crippen molar-refractivity contribution in [3.63, 3.8) is 0 Å². The quantitative estimate of drug-likeness (QED) is 0.443. The Hall–Kier alpha value is -1.93. The molecular weight excluding hydrogens is 531 g/mol. The molecular formula is C24H34F3N3O5S2. The first-order chi connectivity index (χ1) is 16.8. The van der Waals surface area contributed by atoms with Crippen LogP contribution in [0.15, 0.2) is 34.1 Å². The Morgan fingerprint density at radius 3 is 2.19 bits per heavy atom. The maximum Gasteiger partial charge on any atom is 0.404 e. The summed E-state index contributed by atoms with van der Waals surface area (Å²) in [7, 11) is -8.73. The molecule has 1 aliphatic rings. The zero-order valence-electron chi connectivity index (χ0n) is 21.3. The van der Waals surface area contributed by atoms with Crippen LogP contribution in [0.5, 0.6) is 0 Å². The summed E-state index contributed by atoms with van der Waals surface area (Å²) in [6.07, 6.45) is 0.446. The molecule has 1 aliphatic carbocycles. The largest absolute Gasteiger partial charge is 0.404 e. The lowest BCUT2D eigenvalue weighted by molar-refractivity contribution is -0.147. The summed E-state index contributed by atoms with van der Waals surface area (Å²) in [4.78, 5) is -0.575. The van der Waals surface area contributed by atoms with Gasteiger partial charge in [-0.3, -0.25) is 0 Å². The highest BCUT2D eigenvalue weighted by Crippen LogP contribution is 2.36. The van der Waals surface area contributed by atoms with Gasteiger partial charge in [0.1, 0.15) is 10.9 Å². The summed E-state index contributed by atoms with van der Waals surface area (Å²) in [6, 6.07) is 2.94. The minimum atomic E-state index is -4.80. The van der Waals surface area contributed by atoms with Crippen LogP contribution in [0.3, 0.4) is 0 Å². The summed E-state index contributed by atoms with van der Waals surface area (Å²) < 4.78 is 93.0. The molecule has 0 radical (unpaired) electrons. The zero-order valence-corrected chi connectivity index (χ0v) is 22.9. The van der Waals surface area contributed by atoms with Crippen molar-refractivity contribution >= 4 is 20.0 Å². The molecule has 3 rings (SSSR count). The topological polar surface area (TPSA) is 131 Å². The van der Waals surface area contributed by atoms with Gasteiger partial charge in [0, 0.05) is 23.5 Å². The summed E-state index contributed by atoms with van der Waals surface area (Å²) >= 11 is 0. The SMILES string of the molecule is Cc1c(S(N)(=O)=O)cc(-c2ccc(S(=O)(=O)N[C@@H](C)C(F)(F)F)c(C(C)(C)O)c2)n1CC1CCCCC1. The Balaban J connectivity index is 2.17. The molecule has 0 bridgehead atoms. The molecule has 8 nitrogen and oxygen atoms in total. The summed E-state index contributed by atoms with van der Waals surface area (Å²) in [5.74, 6) is 0.313. The van der Waals surface area contributed by atoms with Crippen molar-refractivity contribution in [3.05, 3.63) is 35.5 Å². The molecule has 0 aliphatic heterocycles. The van der Waals surface area contributed by atoms with Crippen molar-refractivity contribution in [3.8, 4) is 11.3 Å². The van der Waals surface area contributed by atoms with Crippen LogP contribution in [0, 0.1) is 12.8 Å². The normalized spacial score (nSPS) is 17.2. The Morgan fingerprint density at radius 1 is 1.08 bits per heavy atom. The average molecular weight is 566 g/mol. The van der Waals surface area contributed by atoms with Crippen molar-refractivity contribution in [1.29, 1.82) is 0 Å². The van der Waals surface area contributed by atoms with E-state index in [9.17, 15) is 35.1 Å². The molecule has 1 aromatic carbocycles. The number of halogens is 3. The second-order valence-electron chi connectivity index (χ2n) is 10.3. The van der Waals surface area contributed by atoms with Gasteiger partial charge in [-0.25, -0.2) is 22.0 Å². The lowest BCUT2D eigenvalue weighted by Crippen LogP contribution is -2.43. The van der Waals surface area contributed by atoms with Crippen molar-refractivity contribution in [2.45, 2.75) is 94.0 Å². The van der Waals surface area contributed by atoms with Gasteiger partial charge in [-0.15, -0.1) is 0 Å². The van der Waals surface area contributed by atoms with Gasteiger partial charge < -0.3 is 9.67 Å². The number of nitrogens with one attached hydrogen (secondary N) is 1. The number of sulfonamides is 2. The van der Waals surface area contributed by atoms with Crippen LogP contribution in [0.25, 0.3) is 11.3 Å². The Kier molecular flexibility index (Phi) is 8.27. The highest BCUT2D eigenvalue weighted by molar-refractivity contribution is 7.89. The number of nitrogens with zero attached hydrogens (tertiary/aromatic N) is 1. The summed E-state index contributed by atoms with van der Waals surface area (Å²) in [5.41, 5.74) is -0.593. The van der Waals surface area contributed by atoms with Gasteiger partial charge in [0.2, 0.25) is 20.0 Å². The van der Waals surface area contributed by atoms with Crippen LogP contribution in [0.2, 0.25) is 0 Å². The van der Waals surface area contributed by atoms with E-state index in [2.05, 4.69) is 0 Å². The maximum atomic E-state index is 13.1. The van der Waals surface area contributed by atoms with E-state index in [1.54, 1.807) is 11.6 Å². The number of aliphatic hydroxyl groups is 1. The van der Waals surface area contributed by atoms with Crippen molar-refractivity contribution < 1.29 is 35.1 Å². The lowest BCUT2D eigenvalue weighted by atomic mass is 9.89. The summed E-state index contributed by atoms with van der Waals surface area (Å²) in [5, 5.41) is 16.2. The molecule has 4 N–H and O–H groups in total. The van der Waals surface area contributed by atoms with Crippen LogP contribution in [-0.2, 0) is 32.2 Å². The van der Waals surface area contributed by atoms with Crippen LogP contribution in [0.4, 0.5) is 13.2 Å². The standard InChI is InChI=1S/C24H34F3N3O5S2/c1-15-22(36(28,32)33)13-20(30(15)14-17-8-6-5-7-9-17)18-10-11-21(19(12-18)23(3,4)31)37(34,35)29-16(2)24(25,26)27/h10-13,16-17,29,31H,5-9,14H2,1-4H3,(H2,28,32,33)/t16-/m0/s1. The van der Waals surface area contributed by atoms with E-state index in [4.69, 9.17) is 5.14 Å². The minimum absolute atomic E-state index is 0.0690. The average Bonchev–Trinajstić information content (AvgIpc) is 3.09. The van der Waals surface area contributed by atoms with E-state index in [0.29, 0.717) is 36.3 Å². The highest BCUT2D eigenvalue weighted by Gasteiger charge is 2.40. The molecule has 0 spiro atoms. The first kappa shape index (κ1) is 29.6. The third kappa shape index (κ3) is 6.75. The molecule has 2 aromatic rings. The van der Waals surface area contributed by atoms with Crippen molar-refractivity contribution in [2.75, 3.05) is 0 Å². The second-order valence-corrected chi connectivity index (χ2v) is 13.5. The number of alkyl halides is 3. The third-order valence-electron chi connectivity index (χ3n) is 6.84. The Labute approximate surface area is 216 Å². The number of rotatable bonds is 8. The number of primary sulfonamides is 1. The maximum absolute atomic E-state index is 13.1. The lowest BCUT2D eigenvalue weighted by Gasteiger charge is -2.26. The van der Waals surface area contributed by atoms with Crippen LogP contribution in [-0.4, -0.2) is 38.7 Å². The van der Waals surface area contributed by atoms with Crippen LogP contribution < -0.4 is 9.86 Å². The monoisotopic (exact) mass is 565 g/mol. The number of aromatic nitrogens is 1. The van der Waals surface area contributed by atoms with Crippen molar-refractivity contribution in [2.24, 2.45) is 11.1 Å². The van der Waals surface area contributed by atoms with Gasteiger partial charge in [-0.1, -0.05) is 25.3 Å². The van der Waals surface area contributed by atoms with Crippen molar-refractivity contribution in [1.82, 2.24) is 9.29 Å². The predicted molar refractivity (Wildman–Crippen MR) is 134 cm³/mol. The van der Waals surface area contributed by atoms with Gasteiger partial charge in [-0.05, 0) is 70.2 Å². The molecule has 37 heavy (non-hydrogen) atoms. The zero-order chi connectivity index (χ0) is 28.0. The van der Waals surface area contributed by atoms with Gasteiger partial charge in [-0.2, -0.15) is 17.9 Å². The van der Waals surface area contributed by atoms with Gasteiger partial charge in [0.05, 0.1) is 10.5 Å². The molecule has 1 atom stereocenters. The fourth-order valence-corrected chi connectivity index (χ4v) is 7.14. The first-order valence-corrected chi connectivity index (χ1v) is 15.0. The predicted octanol–water partition coefficient (Wildman–Crippen LogP) is 4.15. The number of hydrogen-bond acceptors (Lipinski definition) is 5. The molecule has 0 unspecified atom stereocenters. The van der Waals surface area contributed by atoms with E-state index >= 15 is 0 Å². The Bertz CT molecular complexity index is 1360. The smallest absolute Gasteiger partial charge is 0.386 e. The van der Waals surface area contributed by atoms with Crippen LogP contribution >= 0.6 is 0 Å². The molecule has 0 saturated heterocycles. The fraction of sp³-hybridized carbons (Fsp3) is 0.583. The number of nitrogens with two attached hydrogens (primary N) is 1. The van der Waals surface area contributed by atoms with Gasteiger partial charge >= 0.3 is 6.18 Å². The molecule has 1 heterocycles. The highest BCUT2D eigenvalue weighted by atomic mass is 32.2. The van der Waals surface area contributed by atoms with E-state index in [-0.39, 0.29) is 10.5 Å². The van der Waals surface area contributed by atoms with E-state index < -0.39 is 42.8 Å². The number of hydrogen-bond donors (Lipinski definition) is 3. The minimum Gasteiger partial charge on any atom is -0.386 e. The van der Waals surface area contributed by atoms with Gasteiger partial charge in [0.15, 0.2) is 0 Å². The molecule has 208 valence electrons. The van der Waals surface area contributed by atoms with E-state index in [1.165, 1.54) is 32.0 Å². The molecule has 0 amide bonds. The van der Waals surface area contributed by atoms with Gasteiger partial charge in [0.25, 0.3) is 0 Å². The molecule has 13 heteroatoms. The summed E-state index contributed by atoms with van der Waals surface area (Å²) in [6.45, 7) is 5.50.